The molecule has 1 aromatic heterocycles. The fourth-order valence-corrected chi connectivity index (χ4v) is 2.34. The van der Waals surface area contributed by atoms with Gasteiger partial charge in [0.1, 0.15) is 18.1 Å². The van der Waals surface area contributed by atoms with Crippen LogP contribution in [0.5, 0.6) is 5.88 Å². The number of nitrogens with zero attached hydrogens (tertiary/aromatic N) is 2. The number of halogens is 2. The Bertz CT molecular complexity index is 950. The number of rotatable bonds is 5. The maximum atomic E-state index is 14.7. The fourth-order valence-electron chi connectivity index (χ4n) is 2.34. The Hall–Kier alpha value is -3.55. The van der Waals surface area contributed by atoms with E-state index >= 15 is 0 Å². The molecule has 0 aliphatic rings. The van der Waals surface area contributed by atoms with E-state index in [0.717, 1.165) is 0 Å². The average molecular weight is 356 g/mol. The van der Waals surface area contributed by atoms with Crippen molar-refractivity contribution in [3.05, 3.63) is 72.1 Å². The standard InChI is InChI=1S/C18H14F2N4O2/c19-12-4-1-3-11(9-12)10-26-17-16(22-7-8-23-17)13-5-2-6-14(15(13)20)24-18(21)25/h1-9H,10H2,(H3,21,24,25). The second-order valence-corrected chi connectivity index (χ2v) is 5.29. The number of anilines is 1. The number of nitrogens with two attached hydrogens (primary N) is 1. The first-order valence-electron chi connectivity index (χ1n) is 7.58. The van der Waals surface area contributed by atoms with Gasteiger partial charge in [0, 0.05) is 18.0 Å². The van der Waals surface area contributed by atoms with Gasteiger partial charge in [0.2, 0.25) is 5.88 Å². The summed E-state index contributed by atoms with van der Waals surface area (Å²) in [4.78, 5) is 19.2. The zero-order chi connectivity index (χ0) is 18.5. The van der Waals surface area contributed by atoms with Crippen molar-refractivity contribution in [1.82, 2.24) is 9.97 Å². The number of hydrogen-bond donors (Lipinski definition) is 2. The van der Waals surface area contributed by atoms with Crippen molar-refractivity contribution in [2.75, 3.05) is 5.32 Å². The van der Waals surface area contributed by atoms with Gasteiger partial charge in [0.25, 0.3) is 0 Å². The highest BCUT2D eigenvalue weighted by Crippen LogP contribution is 2.31. The van der Waals surface area contributed by atoms with Gasteiger partial charge in [0.15, 0.2) is 5.82 Å². The molecule has 0 aliphatic carbocycles. The Labute approximate surface area is 147 Å². The van der Waals surface area contributed by atoms with Crippen LogP contribution in [-0.2, 0) is 6.61 Å². The van der Waals surface area contributed by atoms with Crippen LogP contribution >= 0.6 is 0 Å². The maximum Gasteiger partial charge on any atom is 0.316 e. The topological polar surface area (TPSA) is 90.1 Å². The number of amides is 2. The monoisotopic (exact) mass is 356 g/mol. The summed E-state index contributed by atoms with van der Waals surface area (Å²) < 4.78 is 33.5. The number of carbonyl (C=O) groups excluding carboxylic acids is 1. The highest BCUT2D eigenvalue weighted by atomic mass is 19.1. The highest BCUT2D eigenvalue weighted by Gasteiger charge is 2.17. The van der Waals surface area contributed by atoms with Crippen LogP contribution in [0.1, 0.15) is 5.56 Å². The molecule has 0 spiro atoms. The van der Waals surface area contributed by atoms with Crippen molar-refractivity contribution in [1.29, 1.82) is 0 Å². The number of aromatic nitrogens is 2. The van der Waals surface area contributed by atoms with E-state index in [2.05, 4.69) is 15.3 Å². The largest absolute Gasteiger partial charge is 0.471 e. The molecule has 0 radical (unpaired) electrons. The summed E-state index contributed by atoms with van der Waals surface area (Å²) in [6, 6.07) is 9.39. The molecule has 0 fully saturated rings. The minimum atomic E-state index is -0.886. The molecule has 0 aliphatic heterocycles. The zero-order valence-corrected chi connectivity index (χ0v) is 13.4. The Morgan fingerprint density at radius 3 is 2.65 bits per heavy atom. The summed E-state index contributed by atoms with van der Waals surface area (Å²) in [5, 5.41) is 2.20. The molecule has 8 heteroatoms. The smallest absolute Gasteiger partial charge is 0.316 e. The summed E-state index contributed by atoms with van der Waals surface area (Å²) in [5.74, 6) is -1.03. The van der Waals surface area contributed by atoms with E-state index in [1.165, 1.54) is 42.7 Å². The number of hydrogen-bond acceptors (Lipinski definition) is 4. The Kier molecular flexibility index (Phi) is 5.02. The molecular weight excluding hydrogens is 342 g/mol. The molecular formula is C18H14F2N4O2. The molecule has 0 unspecified atom stereocenters. The molecule has 6 nitrogen and oxygen atoms in total. The molecule has 1 heterocycles. The third-order valence-electron chi connectivity index (χ3n) is 3.44. The SMILES string of the molecule is NC(=O)Nc1cccc(-c2nccnc2OCc2cccc(F)c2)c1F. The third-order valence-corrected chi connectivity index (χ3v) is 3.44. The Balaban J connectivity index is 1.91. The molecule has 0 bridgehead atoms. The van der Waals surface area contributed by atoms with Crippen molar-refractivity contribution in [2.45, 2.75) is 6.61 Å². The Morgan fingerprint density at radius 2 is 1.88 bits per heavy atom. The molecule has 2 aromatic carbocycles. The number of ether oxygens (including phenoxy) is 1. The maximum absolute atomic E-state index is 14.7. The number of carbonyl (C=O) groups is 1. The third kappa shape index (κ3) is 3.92. The number of primary amides is 1. The van der Waals surface area contributed by atoms with Crippen molar-refractivity contribution in [3.63, 3.8) is 0 Å². The van der Waals surface area contributed by atoms with Gasteiger partial charge < -0.3 is 15.8 Å². The molecule has 3 N–H and O–H groups in total. The fraction of sp³-hybridized carbons (Fsp3) is 0.0556. The molecule has 0 atom stereocenters. The van der Waals surface area contributed by atoms with Crippen LogP contribution in [0, 0.1) is 11.6 Å². The van der Waals surface area contributed by atoms with E-state index in [0.29, 0.717) is 5.56 Å². The van der Waals surface area contributed by atoms with Gasteiger partial charge in [-0.05, 0) is 29.8 Å². The molecule has 0 saturated carbocycles. The predicted octanol–water partition coefficient (Wildman–Crippen LogP) is 3.49. The lowest BCUT2D eigenvalue weighted by molar-refractivity contribution is 0.259. The van der Waals surface area contributed by atoms with Crippen molar-refractivity contribution < 1.29 is 18.3 Å². The van der Waals surface area contributed by atoms with Crippen LogP contribution in [0.3, 0.4) is 0 Å². The van der Waals surface area contributed by atoms with Crippen LogP contribution in [0.4, 0.5) is 19.3 Å². The molecule has 3 aromatic rings. The summed E-state index contributed by atoms with van der Waals surface area (Å²) >= 11 is 0. The van der Waals surface area contributed by atoms with Crippen LogP contribution in [0.2, 0.25) is 0 Å². The normalized spacial score (nSPS) is 10.4. The average Bonchev–Trinajstić information content (AvgIpc) is 2.62. The highest BCUT2D eigenvalue weighted by molar-refractivity contribution is 5.89. The van der Waals surface area contributed by atoms with Gasteiger partial charge in [-0.2, -0.15) is 0 Å². The first-order valence-corrected chi connectivity index (χ1v) is 7.58. The number of nitrogens with one attached hydrogen (secondary N) is 1. The number of benzene rings is 2. The summed E-state index contributed by atoms with van der Waals surface area (Å²) in [6.45, 7) is 0.0320. The van der Waals surface area contributed by atoms with Crippen LogP contribution < -0.4 is 15.8 Å². The molecule has 26 heavy (non-hydrogen) atoms. The van der Waals surface area contributed by atoms with Crippen molar-refractivity contribution in [2.24, 2.45) is 5.73 Å². The van der Waals surface area contributed by atoms with Gasteiger partial charge in [0.05, 0.1) is 5.69 Å². The van der Waals surface area contributed by atoms with E-state index in [1.807, 2.05) is 0 Å². The molecule has 132 valence electrons. The van der Waals surface area contributed by atoms with E-state index in [4.69, 9.17) is 10.5 Å². The minimum absolute atomic E-state index is 0.0320. The second kappa shape index (κ2) is 7.56. The Morgan fingerprint density at radius 1 is 1.12 bits per heavy atom. The van der Waals surface area contributed by atoms with Gasteiger partial charge >= 0.3 is 6.03 Å². The second-order valence-electron chi connectivity index (χ2n) is 5.29. The minimum Gasteiger partial charge on any atom is -0.471 e. The summed E-state index contributed by atoms with van der Waals surface area (Å²) in [6.07, 6.45) is 2.78. The van der Waals surface area contributed by atoms with E-state index in [1.54, 1.807) is 12.1 Å². The van der Waals surface area contributed by atoms with E-state index in [-0.39, 0.29) is 35.2 Å². The van der Waals surface area contributed by atoms with Crippen LogP contribution in [-0.4, -0.2) is 16.0 Å². The molecule has 0 saturated heterocycles. The summed E-state index contributed by atoms with van der Waals surface area (Å²) in [7, 11) is 0. The van der Waals surface area contributed by atoms with E-state index in [9.17, 15) is 13.6 Å². The lowest BCUT2D eigenvalue weighted by Crippen LogP contribution is -2.20. The van der Waals surface area contributed by atoms with Gasteiger partial charge in [-0.3, -0.25) is 0 Å². The lowest BCUT2D eigenvalue weighted by atomic mass is 10.1. The first kappa shape index (κ1) is 17.3. The van der Waals surface area contributed by atoms with Crippen LogP contribution in [0.15, 0.2) is 54.9 Å². The van der Waals surface area contributed by atoms with Gasteiger partial charge in [-0.1, -0.05) is 18.2 Å². The zero-order valence-electron chi connectivity index (χ0n) is 13.4. The van der Waals surface area contributed by atoms with Crippen LogP contribution in [0.25, 0.3) is 11.3 Å². The number of urea groups is 1. The molecule has 3 rings (SSSR count). The van der Waals surface area contributed by atoms with Crippen molar-refractivity contribution in [3.8, 4) is 17.1 Å². The first-order chi connectivity index (χ1) is 12.5. The van der Waals surface area contributed by atoms with Gasteiger partial charge in [-0.15, -0.1) is 0 Å². The predicted molar refractivity (Wildman–Crippen MR) is 91.4 cm³/mol. The summed E-state index contributed by atoms with van der Waals surface area (Å²) in [5.41, 5.74) is 5.77. The molecule has 2 amide bonds. The lowest BCUT2D eigenvalue weighted by Gasteiger charge is -2.12. The van der Waals surface area contributed by atoms with E-state index < -0.39 is 11.8 Å². The van der Waals surface area contributed by atoms with Crippen molar-refractivity contribution >= 4 is 11.7 Å². The quantitative estimate of drug-likeness (QED) is 0.732. The van der Waals surface area contributed by atoms with Gasteiger partial charge in [-0.25, -0.2) is 23.5 Å².